The SMILES string of the molecule is CC(C)CC(=O)N[C@H]1CCCCN(C(=O)c2ccc3c(c2)CC(=O)N3)C1. The quantitative estimate of drug-likeness (QED) is 0.868. The largest absolute Gasteiger partial charge is 0.352 e. The summed E-state index contributed by atoms with van der Waals surface area (Å²) in [7, 11) is 0. The molecular weight excluding hydrogens is 330 g/mol. The van der Waals surface area contributed by atoms with Gasteiger partial charge >= 0.3 is 0 Å². The van der Waals surface area contributed by atoms with Crippen LogP contribution in [0.3, 0.4) is 0 Å². The molecule has 3 rings (SSSR count). The fourth-order valence-corrected chi connectivity index (χ4v) is 3.65. The van der Waals surface area contributed by atoms with Crippen molar-refractivity contribution in [2.75, 3.05) is 18.4 Å². The third kappa shape index (κ3) is 4.42. The number of hydrogen-bond donors (Lipinski definition) is 2. The number of carbonyl (C=O) groups is 3. The van der Waals surface area contributed by atoms with Crippen molar-refractivity contribution in [3.05, 3.63) is 29.3 Å². The summed E-state index contributed by atoms with van der Waals surface area (Å²) in [5.74, 6) is 0.312. The summed E-state index contributed by atoms with van der Waals surface area (Å²) in [6.07, 6.45) is 3.67. The predicted octanol–water partition coefficient (Wildman–Crippen LogP) is 2.34. The molecule has 0 aliphatic carbocycles. The molecule has 2 N–H and O–H groups in total. The smallest absolute Gasteiger partial charge is 0.253 e. The molecule has 1 aromatic carbocycles. The van der Waals surface area contributed by atoms with Crippen molar-refractivity contribution in [1.82, 2.24) is 10.2 Å². The predicted molar refractivity (Wildman–Crippen MR) is 99.9 cm³/mol. The van der Waals surface area contributed by atoms with Gasteiger partial charge in [-0.15, -0.1) is 0 Å². The Kier molecular flexibility index (Phi) is 5.59. The molecule has 0 unspecified atom stereocenters. The standard InChI is InChI=1S/C20H27N3O3/c1-13(2)9-18(24)21-16-5-3-4-8-23(12-16)20(26)14-6-7-17-15(10-14)11-19(25)22-17/h6-7,10,13,16H,3-5,8-9,11-12H2,1-2H3,(H,21,24)(H,22,25)/t16-/m0/s1. The number of fused-ring (bicyclic) bond motifs is 1. The molecule has 2 aliphatic rings. The van der Waals surface area contributed by atoms with Crippen molar-refractivity contribution < 1.29 is 14.4 Å². The first-order valence-corrected chi connectivity index (χ1v) is 9.44. The number of benzene rings is 1. The molecule has 26 heavy (non-hydrogen) atoms. The molecule has 0 saturated carbocycles. The molecule has 0 radical (unpaired) electrons. The van der Waals surface area contributed by atoms with E-state index in [1.165, 1.54) is 0 Å². The number of rotatable bonds is 4. The van der Waals surface area contributed by atoms with Gasteiger partial charge in [0.2, 0.25) is 11.8 Å². The number of likely N-dealkylation sites (tertiary alicyclic amines) is 1. The third-order valence-electron chi connectivity index (χ3n) is 4.89. The van der Waals surface area contributed by atoms with Crippen LogP contribution in [0.25, 0.3) is 0 Å². The number of nitrogens with one attached hydrogen (secondary N) is 2. The lowest BCUT2D eigenvalue weighted by Gasteiger charge is -2.25. The molecule has 2 aliphatic heterocycles. The van der Waals surface area contributed by atoms with Crippen LogP contribution in [0.4, 0.5) is 5.69 Å². The molecule has 6 heteroatoms. The maximum Gasteiger partial charge on any atom is 0.253 e. The molecule has 0 aromatic heterocycles. The number of nitrogens with zero attached hydrogens (tertiary/aromatic N) is 1. The van der Waals surface area contributed by atoms with E-state index in [1.807, 2.05) is 24.8 Å². The van der Waals surface area contributed by atoms with Crippen LogP contribution in [0, 0.1) is 5.92 Å². The molecule has 1 saturated heterocycles. The van der Waals surface area contributed by atoms with E-state index in [1.54, 1.807) is 12.1 Å². The van der Waals surface area contributed by atoms with Crippen LogP contribution >= 0.6 is 0 Å². The average molecular weight is 357 g/mol. The Bertz CT molecular complexity index is 714. The van der Waals surface area contributed by atoms with E-state index in [0.29, 0.717) is 37.4 Å². The highest BCUT2D eigenvalue weighted by Crippen LogP contribution is 2.25. The van der Waals surface area contributed by atoms with E-state index < -0.39 is 0 Å². The molecule has 0 spiro atoms. The Morgan fingerprint density at radius 2 is 2.12 bits per heavy atom. The Hall–Kier alpha value is -2.37. The summed E-state index contributed by atoms with van der Waals surface area (Å²) < 4.78 is 0. The lowest BCUT2D eigenvalue weighted by atomic mass is 10.1. The summed E-state index contributed by atoms with van der Waals surface area (Å²) >= 11 is 0. The topological polar surface area (TPSA) is 78.5 Å². The summed E-state index contributed by atoms with van der Waals surface area (Å²) in [5.41, 5.74) is 2.27. The van der Waals surface area contributed by atoms with Crippen molar-refractivity contribution in [2.24, 2.45) is 5.92 Å². The van der Waals surface area contributed by atoms with E-state index in [-0.39, 0.29) is 23.8 Å². The molecule has 0 bridgehead atoms. The van der Waals surface area contributed by atoms with Gasteiger partial charge in [-0.2, -0.15) is 0 Å². The molecule has 1 fully saturated rings. The zero-order valence-electron chi connectivity index (χ0n) is 15.5. The highest BCUT2D eigenvalue weighted by atomic mass is 16.2. The number of hydrogen-bond acceptors (Lipinski definition) is 3. The minimum absolute atomic E-state index is 0.00497. The van der Waals surface area contributed by atoms with E-state index >= 15 is 0 Å². The zero-order chi connectivity index (χ0) is 18.7. The van der Waals surface area contributed by atoms with Gasteiger partial charge in [-0.3, -0.25) is 14.4 Å². The van der Waals surface area contributed by atoms with Gasteiger partial charge in [-0.1, -0.05) is 13.8 Å². The Balaban J connectivity index is 1.67. The summed E-state index contributed by atoms with van der Waals surface area (Å²) in [6, 6.07) is 5.38. The first kappa shape index (κ1) is 18.4. The monoisotopic (exact) mass is 357 g/mol. The van der Waals surface area contributed by atoms with Crippen LogP contribution < -0.4 is 10.6 Å². The second-order valence-corrected chi connectivity index (χ2v) is 7.71. The lowest BCUT2D eigenvalue weighted by molar-refractivity contribution is -0.122. The Morgan fingerprint density at radius 3 is 2.88 bits per heavy atom. The minimum atomic E-state index is -0.0349. The normalized spacial score (nSPS) is 19.7. The van der Waals surface area contributed by atoms with Crippen LogP contribution in [0.2, 0.25) is 0 Å². The second kappa shape index (κ2) is 7.89. The van der Waals surface area contributed by atoms with Gasteiger partial charge in [-0.05, 0) is 48.9 Å². The first-order chi connectivity index (χ1) is 12.4. The zero-order valence-corrected chi connectivity index (χ0v) is 15.5. The van der Waals surface area contributed by atoms with Gasteiger partial charge in [0.1, 0.15) is 0 Å². The van der Waals surface area contributed by atoms with Gasteiger partial charge in [-0.25, -0.2) is 0 Å². The van der Waals surface area contributed by atoms with Gasteiger partial charge in [0.25, 0.3) is 5.91 Å². The van der Waals surface area contributed by atoms with Crippen LogP contribution in [0.15, 0.2) is 18.2 Å². The maximum atomic E-state index is 13.0. The fraction of sp³-hybridized carbons (Fsp3) is 0.550. The molecule has 2 heterocycles. The van der Waals surface area contributed by atoms with Gasteiger partial charge in [0.05, 0.1) is 6.42 Å². The summed E-state index contributed by atoms with van der Waals surface area (Å²) in [4.78, 5) is 38.4. The summed E-state index contributed by atoms with van der Waals surface area (Å²) in [6.45, 7) is 5.28. The lowest BCUT2D eigenvalue weighted by Crippen LogP contribution is -2.44. The van der Waals surface area contributed by atoms with Gasteiger partial charge in [0.15, 0.2) is 0 Å². The second-order valence-electron chi connectivity index (χ2n) is 7.71. The van der Waals surface area contributed by atoms with Crippen LogP contribution in [-0.4, -0.2) is 41.8 Å². The molecule has 140 valence electrons. The van der Waals surface area contributed by atoms with Crippen LogP contribution in [0.5, 0.6) is 0 Å². The van der Waals surface area contributed by atoms with Gasteiger partial charge < -0.3 is 15.5 Å². The van der Waals surface area contributed by atoms with Crippen LogP contribution in [-0.2, 0) is 16.0 Å². The summed E-state index contributed by atoms with van der Waals surface area (Å²) in [5, 5.41) is 5.87. The first-order valence-electron chi connectivity index (χ1n) is 9.44. The van der Waals surface area contributed by atoms with Crippen LogP contribution in [0.1, 0.15) is 55.5 Å². The average Bonchev–Trinajstić information content (AvgIpc) is 2.78. The molecule has 3 amide bonds. The fourth-order valence-electron chi connectivity index (χ4n) is 3.65. The van der Waals surface area contributed by atoms with E-state index in [9.17, 15) is 14.4 Å². The van der Waals surface area contributed by atoms with E-state index in [4.69, 9.17) is 0 Å². The van der Waals surface area contributed by atoms with Crippen molar-refractivity contribution in [2.45, 2.75) is 52.0 Å². The van der Waals surface area contributed by atoms with E-state index in [0.717, 1.165) is 30.5 Å². The third-order valence-corrected chi connectivity index (χ3v) is 4.89. The van der Waals surface area contributed by atoms with E-state index in [2.05, 4.69) is 10.6 Å². The van der Waals surface area contributed by atoms with Crippen molar-refractivity contribution in [3.63, 3.8) is 0 Å². The highest BCUT2D eigenvalue weighted by molar-refractivity contribution is 6.01. The van der Waals surface area contributed by atoms with Crippen molar-refractivity contribution >= 4 is 23.4 Å². The Labute approximate surface area is 154 Å². The van der Waals surface area contributed by atoms with Gasteiger partial charge in [0, 0.05) is 36.8 Å². The number of anilines is 1. The van der Waals surface area contributed by atoms with Crippen molar-refractivity contribution in [3.8, 4) is 0 Å². The van der Waals surface area contributed by atoms with Crippen molar-refractivity contribution in [1.29, 1.82) is 0 Å². The molecule has 6 nitrogen and oxygen atoms in total. The Morgan fingerprint density at radius 1 is 1.31 bits per heavy atom. The highest BCUT2D eigenvalue weighted by Gasteiger charge is 2.26. The number of amides is 3. The minimum Gasteiger partial charge on any atom is -0.352 e. The number of carbonyl (C=O) groups excluding carboxylic acids is 3. The molecule has 1 atom stereocenters. The molecular formula is C20H27N3O3. The molecule has 1 aromatic rings. The maximum absolute atomic E-state index is 13.0.